The van der Waals surface area contributed by atoms with E-state index in [0.717, 1.165) is 0 Å². The summed E-state index contributed by atoms with van der Waals surface area (Å²) in [4.78, 5) is 0.238. The molecule has 0 amide bonds. The molecule has 2 aliphatic rings. The summed E-state index contributed by atoms with van der Waals surface area (Å²) in [6, 6.07) is 8.36. The minimum absolute atomic E-state index is 0.0167. The van der Waals surface area contributed by atoms with E-state index < -0.39 is 42.1 Å². The maximum Gasteiger partial charge on any atom is 0.349 e. The van der Waals surface area contributed by atoms with Crippen LogP contribution in [0.2, 0.25) is 10.1 Å². The van der Waals surface area contributed by atoms with Gasteiger partial charge in [0.25, 0.3) is 0 Å². The van der Waals surface area contributed by atoms with Crippen LogP contribution in [0.4, 0.5) is 0 Å². The van der Waals surface area contributed by atoms with Gasteiger partial charge in [-0.15, -0.1) is 0 Å². The van der Waals surface area contributed by atoms with Crippen molar-refractivity contribution in [3.05, 3.63) is 30.3 Å². The zero-order valence-electron chi connectivity index (χ0n) is 17.5. The minimum Gasteiger partial charge on any atom is -0.391 e. The predicted octanol–water partition coefficient (Wildman–Crippen LogP) is 3.39. The Morgan fingerprint density at radius 3 is 2.14 bits per heavy atom. The van der Waals surface area contributed by atoms with Gasteiger partial charge in [0.2, 0.25) is 0 Å². The highest BCUT2D eigenvalue weighted by Crippen LogP contribution is 2.55. The van der Waals surface area contributed by atoms with Gasteiger partial charge in [0.15, 0.2) is 16.1 Å². The number of sulfone groups is 1. The van der Waals surface area contributed by atoms with Gasteiger partial charge in [-0.1, -0.05) is 59.7 Å². The van der Waals surface area contributed by atoms with Crippen LogP contribution in [0.3, 0.4) is 0 Å². The van der Waals surface area contributed by atoms with E-state index in [4.69, 9.17) is 13.6 Å². The smallest absolute Gasteiger partial charge is 0.349 e. The monoisotopic (exact) mass is 428 g/mol. The molecule has 2 saturated heterocycles. The van der Waals surface area contributed by atoms with E-state index in [1.165, 1.54) is 0 Å². The standard InChI is InChI=1S/C20H32O6SSi/c1-19(2,3)28(20(4,5)6)24-13-15-18(26-28)16(12-17(21)25-15)27(22,23)14-10-8-7-9-11-14/h7-11,15-18,21H,12-13H2,1-6H3/t15-,16+,17?,18-/m1/s1. The summed E-state index contributed by atoms with van der Waals surface area (Å²) in [6.07, 6.45) is -2.46. The summed E-state index contributed by atoms with van der Waals surface area (Å²) < 4.78 is 45.5. The fraction of sp³-hybridized carbons (Fsp3) is 0.700. The molecule has 0 radical (unpaired) electrons. The number of fused-ring (bicyclic) bond motifs is 1. The largest absolute Gasteiger partial charge is 0.391 e. The van der Waals surface area contributed by atoms with E-state index in [9.17, 15) is 13.5 Å². The Balaban J connectivity index is 2.05. The van der Waals surface area contributed by atoms with Crippen molar-refractivity contribution >= 4 is 18.4 Å². The van der Waals surface area contributed by atoms with Gasteiger partial charge in [-0.2, -0.15) is 0 Å². The summed E-state index contributed by atoms with van der Waals surface area (Å²) >= 11 is 0. The summed E-state index contributed by atoms with van der Waals surface area (Å²) in [5, 5.41) is 8.77. The first-order valence-electron chi connectivity index (χ1n) is 9.74. The van der Waals surface area contributed by atoms with Crippen molar-refractivity contribution < 1.29 is 27.1 Å². The van der Waals surface area contributed by atoms with Crippen LogP contribution in [-0.4, -0.2) is 52.4 Å². The topological polar surface area (TPSA) is 82.1 Å². The molecule has 1 aromatic carbocycles. The molecule has 0 saturated carbocycles. The van der Waals surface area contributed by atoms with Crippen molar-refractivity contribution in [1.29, 1.82) is 0 Å². The first-order valence-corrected chi connectivity index (χ1v) is 13.1. The molecule has 0 aromatic heterocycles. The number of aliphatic hydroxyl groups excluding tert-OH is 1. The molecule has 2 aliphatic heterocycles. The highest BCUT2D eigenvalue weighted by Gasteiger charge is 2.64. The summed E-state index contributed by atoms with van der Waals surface area (Å²) in [7, 11) is -6.57. The zero-order chi connectivity index (χ0) is 21.0. The van der Waals surface area contributed by atoms with Gasteiger partial charge in [0, 0.05) is 16.5 Å². The van der Waals surface area contributed by atoms with E-state index in [0.29, 0.717) is 0 Å². The molecule has 1 N–H and O–H groups in total. The van der Waals surface area contributed by atoms with Gasteiger partial charge in [0.05, 0.1) is 22.9 Å². The molecule has 2 fully saturated rings. The second kappa shape index (κ2) is 7.18. The van der Waals surface area contributed by atoms with Crippen LogP contribution in [-0.2, 0) is 23.4 Å². The lowest BCUT2D eigenvalue weighted by Crippen LogP contribution is -2.69. The number of hydrogen-bond acceptors (Lipinski definition) is 6. The van der Waals surface area contributed by atoms with Crippen LogP contribution in [0.15, 0.2) is 35.2 Å². The minimum atomic E-state index is -3.70. The Labute approximate surface area is 169 Å². The normalized spacial score (nSPS) is 31.2. The van der Waals surface area contributed by atoms with Crippen molar-refractivity contribution in [2.75, 3.05) is 6.61 Å². The summed E-state index contributed by atoms with van der Waals surface area (Å²) in [5.41, 5.74) is 0. The Morgan fingerprint density at radius 2 is 1.61 bits per heavy atom. The van der Waals surface area contributed by atoms with E-state index in [1.807, 2.05) is 0 Å². The molecule has 1 aromatic rings. The highest BCUT2D eigenvalue weighted by atomic mass is 32.2. The molecule has 8 heteroatoms. The Morgan fingerprint density at radius 1 is 1.04 bits per heavy atom. The van der Waals surface area contributed by atoms with E-state index in [-0.39, 0.29) is 28.0 Å². The van der Waals surface area contributed by atoms with Crippen LogP contribution in [0.25, 0.3) is 0 Å². The van der Waals surface area contributed by atoms with Gasteiger partial charge in [-0.3, -0.25) is 0 Å². The lowest BCUT2D eigenvalue weighted by Gasteiger charge is -2.56. The second-order valence-corrected chi connectivity index (χ2v) is 16.7. The van der Waals surface area contributed by atoms with Gasteiger partial charge < -0.3 is 18.7 Å². The van der Waals surface area contributed by atoms with Gasteiger partial charge in [-0.25, -0.2) is 8.42 Å². The molecule has 6 nitrogen and oxygen atoms in total. The highest BCUT2D eigenvalue weighted by molar-refractivity contribution is 7.92. The van der Waals surface area contributed by atoms with Gasteiger partial charge in [-0.05, 0) is 12.1 Å². The molecule has 28 heavy (non-hydrogen) atoms. The third-order valence-corrected chi connectivity index (χ3v) is 13.0. The molecule has 158 valence electrons. The number of ether oxygens (including phenoxy) is 1. The Bertz CT molecular complexity index is 782. The van der Waals surface area contributed by atoms with Crippen LogP contribution < -0.4 is 0 Å². The molecular weight excluding hydrogens is 396 g/mol. The molecule has 0 spiro atoms. The second-order valence-electron chi connectivity index (χ2n) is 9.77. The summed E-state index contributed by atoms with van der Waals surface area (Å²) in [6.45, 7) is 12.7. The predicted molar refractivity (Wildman–Crippen MR) is 109 cm³/mol. The molecular formula is C20H32O6SSi. The third kappa shape index (κ3) is 3.59. The van der Waals surface area contributed by atoms with Crippen LogP contribution in [0, 0.1) is 0 Å². The average Bonchev–Trinajstić information content (AvgIpc) is 2.59. The van der Waals surface area contributed by atoms with Crippen molar-refractivity contribution in [2.45, 2.75) is 86.7 Å². The number of hydrogen-bond donors (Lipinski definition) is 1. The lowest BCUT2D eigenvalue weighted by atomic mass is 10.0. The van der Waals surface area contributed by atoms with Crippen molar-refractivity contribution in [1.82, 2.24) is 0 Å². The van der Waals surface area contributed by atoms with Gasteiger partial charge in [0.1, 0.15) is 6.10 Å². The van der Waals surface area contributed by atoms with Gasteiger partial charge >= 0.3 is 8.56 Å². The van der Waals surface area contributed by atoms with E-state index >= 15 is 0 Å². The maximum absolute atomic E-state index is 13.4. The fourth-order valence-electron chi connectivity index (χ4n) is 4.62. The van der Waals surface area contributed by atoms with Crippen LogP contribution in [0.1, 0.15) is 48.0 Å². The van der Waals surface area contributed by atoms with Crippen LogP contribution in [0.5, 0.6) is 0 Å². The molecule has 1 unspecified atom stereocenters. The summed E-state index contributed by atoms with van der Waals surface area (Å²) in [5.74, 6) is 0. The quantitative estimate of drug-likeness (QED) is 0.727. The number of rotatable bonds is 2. The maximum atomic E-state index is 13.4. The molecule has 4 atom stereocenters. The molecule has 3 rings (SSSR count). The Hall–Kier alpha value is -0.773. The SMILES string of the molecule is CC(C)(C)[Si]1(C(C)(C)C)OC[C@H]2OC(O)C[C@H](S(=O)(=O)c3ccccc3)[C@@H]2O1. The van der Waals surface area contributed by atoms with Crippen molar-refractivity contribution in [2.24, 2.45) is 0 Å². The molecule has 0 bridgehead atoms. The first kappa shape index (κ1) is 21.9. The Kier molecular flexibility index (Phi) is 5.62. The zero-order valence-corrected chi connectivity index (χ0v) is 19.3. The van der Waals surface area contributed by atoms with Crippen molar-refractivity contribution in [3.63, 3.8) is 0 Å². The molecule has 0 aliphatic carbocycles. The average molecular weight is 429 g/mol. The fourth-order valence-corrected chi connectivity index (χ4v) is 11.6. The first-order chi connectivity index (χ1) is 12.8. The number of aliphatic hydroxyl groups is 1. The third-order valence-electron chi connectivity index (χ3n) is 5.70. The van der Waals surface area contributed by atoms with Crippen molar-refractivity contribution in [3.8, 4) is 0 Å². The van der Waals surface area contributed by atoms with Crippen LogP contribution >= 0.6 is 0 Å². The lowest BCUT2D eigenvalue weighted by molar-refractivity contribution is -0.221. The number of benzene rings is 1. The molecule has 2 heterocycles. The van der Waals surface area contributed by atoms with E-state index in [1.54, 1.807) is 30.3 Å². The van der Waals surface area contributed by atoms with E-state index in [2.05, 4.69) is 41.5 Å².